The van der Waals surface area contributed by atoms with Crippen LogP contribution in [-0.2, 0) is 16.0 Å². The quantitative estimate of drug-likeness (QED) is 0.806. The lowest BCUT2D eigenvalue weighted by Crippen LogP contribution is -2.51. The predicted octanol–water partition coefficient (Wildman–Crippen LogP) is 3.57. The van der Waals surface area contributed by atoms with Gasteiger partial charge < -0.3 is 14.2 Å². The summed E-state index contributed by atoms with van der Waals surface area (Å²) in [6.45, 7) is 5.67. The summed E-state index contributed by atoms with van der Waals surface area (Å²) in [7, 11) is 0. The Morgan fingerprint density at radius 3 is 2.85 bits per heavy atom. The van der Waals surface area contributed by atoms with Gasteiger partial charge in [-0.3, -0.25) is 4.79 Å². The van der Waals surface area contributed by atoms with Crippen LogP contribution in [0.5, 0.6) is 0 Å². The monoisotopic (exact) mass is 369 g/mol. The topological polar surface area (TPSA) is 68.5 Å². The van der Waals surface area contributed by atoms with E-state index in [1.807, 2.05) is 17.0 Å². The molecular formula is C21H27N3O3. The van der Waals surface area contributed by atoms with Crippen molar-refractivity contribution in [1.82, 2.24) is 15.0 Å². The summed E-state index contributed by atoms with van der Waals surface area (Å²) in [5, 5.41) is 4.07. The van der Waals surface area contributed by atoms with E-state index < -0.39 is 0 Å². The number of amides is 1. The lowest BCUT2D eigenvalue weighted by molar-refractivity contribution is -0.144. The molecule has 2 heterocycles. The molecule has 2 aliphatic rings. The fraction of sp³-hybridized carbons (Fsp3) is 0.571. The van der Waals surface area contributed by atoms with Crippen molar-refractivity contribution < 1.29 is 14.1 Å². The third-order valence-electron chi connectivity index (χ3n) is 5.66. The second-order valence-corrected chi connectivity index (χ2v) is 7.78. The molecule has 0 spiro atoms. The van der Waals surface area contributed by atoms with Crippen molar-refractivity contribution in [2.24, 2.45) is 0 Å². The molecule has 2 fully saturated rings. The summed E-state index contributed by atoms with van der Waals surface area (Å²) in [6, 6.07) is 8.47. The zero-order chi connectivity index (χ0) is 18.8. The summed E-state index contributed by atoms with van der Waals surface area (Å²) in [5.41, 5.74) is 2.21. The number of fused-ring (bicyclic) bond motifs is 1. The number of hydrogen-bond donors (Lipinski definition) is 0. The Balaban J connectivity index is 1.36. The van der Waals surface area contributed by atoms with Gasteiger partial charge >= 0.3 is 0 Å². The first-order valence-corrected chi connectivity index (χ1v) is 9.96. The Hall–Kier alpha value is -2.21. The number of carbonyl (C=O) groups excluding carboxylic acids is 1. The van der Waals surface area contributed by atoms with E-state index in [9.17, 15) is 4.79 Å². The number of morpholine rings is 1. The molecule has 0 N–H and O–H groups in total. The predicted molar refractivity (Wildman–Crippen MR) is 101 cm³/mol. The molecule has 2 atom stereocenters. The van der Waals surface area contributed by atoms with Crippen LogP contribution in [-0.4, -0.2) is 46.2 Å². The van der Waals surface area contributed by atoms with Gasteiger partial charge in [-0.15, -0.1) is 0 Å². The number of benzene rings is 1. The lowest BCUT2D eigenvalue weighted by Gasteiger charge is -2.37. The Labute approximate surface area is 159 Å². The van der Waals surface area contributed by atoms with E-state index in [1.54, 1.807) is 0 Å². The van der Waals surface area contributed by atoms with Crippen molar-refractivity contribution in [3.05, 3.63) is 35.7 Å². The largest absolute Gasteiger partial charge is 0.374 e. The molecule has 0 bridgehead atoms. The number of ether oxygens (including phenoxy) is 1. The van der Waals surface area contributed by atoms with Gasteiger partial charge in [0.1, 0.15) is 0 Å². The number of aryl methyl sites for hydroxylation is 1. The molecule has 1 saturated carbocycles. The van der Waals surface area contributed by atoms with Crippen LogP contribution in [0.1, 0.15) is 56.9 Å². The van der Waals surface area contributed by atoms with E-state index in [0.29, 0.717) is 43.6 Å². The third kappa shape index (κ3) is 3.90. The molecule has 6 nitrogen and oxygen atoms in total. The number of hydrogen-bond acceptors (Lipinski definition) is 5. The number of nitrogens with zero attached hydrogens (tertiary/aromatic N) is 3. The highest BCUT2D eigenvalue weighted by molar-refractivity contribution is 5.77. The first kappa shape index (κ1) is 18.2. The number of aromatic nitrogens is 2. The minimum Gasteiger partial charge on any atom is -0.374 e. The zero-order valence-corrected chi connectivity index (χ0v) is 16.1. The van der Waals surface area contributed by atoms with E-state index in [0.717, 1.165) is 24.8 Å². The van der Waals surface area contributed by atoms with Crippen LogP contribution < -0.4 is 0 Å². The Morgan fingerprint density at radius 2 is 2.07 bits per heavy atom. The third-order valence-corrected chi connectivity index (χ3v) is 5.66. The standard InChI is InChI=1S/C21H27N3O3/c1-14(2)15-6-8-16(9-7-15)21-22-19(27-23-21)10-11-20(25)24-12-13-26-18-5-3-4-17(18)24/h6-9,14,17-18H,3-5,10-13H2,1-2H3/t17-,18-/m1/s1. The first-order valence-electron chi connectivity index (χ1n) is 9.96. The van der Waals surface area contributed by atoms with Crippen LogP contribution in [0.25, 0.3) is 11.4 Å². The van der Waals surface area contributed by atoms with Crippen LogP contribution in [0.4, 0.5) is 0 Å². The van der Waals surface area contributed by atoms with Crippen LogP contribution in [0.2, 0.25) is 0 Å². The first-order chi connectivity index (χ1) is 13.1. The van der Waals surface area contributed by atoms with Gasteiger partial charge in [-0.2, -0.15) is 4.98 Å². The second kappa shape index (κ2) is 7.80. The van der Waals surface area contributed by atoms with E-state index in [2.05, 4.69) is 36.1 Å². The molecule has 1 aliphatic carbocycles. The maximum absolute atomic E-state index is 12.7. The average molecular weight is 369 g/mol. The van der Waals surface area contributed by atoms with Gasteiger partial charge in [0.25, 0.3) is 0 Å². The van der Waals surface area contributed by atoms with E-state index in [1.165, 1.54) is 5.56 Å². The molecule has 2 aromatic rings. The molecule has 0 radical (unpaired) electrons. The molecule has 6 heteroatoms. The minimum absolute atomic E-state index is 0.163. The molecule has 1 aliphatic heterocycles. The Morgan fingerprint density at radius 1 is 1.26 bits per heavy atom. The molecule has 1 aromatic carbocycles. The van der Waals surface area contributed by atoms with Crippen molar-refractivity contribution in [2.45, 2.75) is 64.0 Å². The van der Waals surface area contributed by atoms with Crippen molar-refractivity contribution >= 4 is 5.91 Å². The van der Waals surface area contributed by atoms with E-state index in [4.69, 9.17) is 9.26 Å². The van der Waals surface area contributed by atoms with Crippen LogP contribution in [0.15, 0.2) is 28.8 Å². The highest BCUT2D eigenvalue weighted by Crippen LogP contribution is 2.30. The minimum atomic E-state index is 0.163. The van der Waals surface area contributed by atoms with Gasteiger partial charge in [0.15, 0.2) is 0 Å². The number of carbonyl (C=O) groups is 1. The lowest BCUT2D eigenvalue weighted by atomic mass is 10.0. The average Bonchev–Trinajstić information content (AvgIpc) is 3.35. The molecule has 1 saturated heterocycles. The smallest absolute Gasteiger partial charge is 0.227 e. The van der Waals surface area contributed by atoms with Crippen LogP contribution >= 0.6 is 0 Å². The highest BCUT2D eigenvalue weighted by atomic mass is 16.5. The van der Waals surface area contributed by atoms with Crippen LogP contribution in [0.3, 0.4) is 0 Å². The fourth-order valence-electron chi connectivity index (χ4n) is 4.08. The fourth-order valence-corrected chi connectivity index (χ4v) is 4.08. The van der Waals surface area contributed by atoms with Crippen molar-refractivity contribution in [2.75, 3.05) is 13.2 Å². The van der Waals surface area contributed by atoms with Gasteiger partial charge in [0.05, 0.1) is 18.8 Å². The summed E-state index contributed by atoms with van der Waals surface area (Å²) >= 11 is 0. The molecule has 1 amide bonds. The zero-order valence-electron chi connectivity index (χ0n) is 16.1. The molecule has 0 unspecified atom stereocenters. The van der Waals surface area contributed by atoms with E-state index in [-0.39, 0.29) is 18.1 Å². The maximum atomic E-state index is 12.7. The van der Waals surface area contributed by atoms with Crippen LogP contribution in [0, 0.1) is 0 Å². The number of rotatable bonds is 5. The maximum Gasteiger partial charge on any atom is 0.227 e. The summed E-state index contributed by atoms with van der Waals surface area (Å²) in [5.74, 6) is 1.75. The van der Waals surface area contributed by atoms with Gasteiger partial charge in [0.2, 0.25) is 17.6 Å². The normalized spacial score (nSPS) is 22.3. The SMILES string of the molecule is CC(C)c1ccc(-c2noc(CCC(=O)N3CCO[C@@H]4CCC[C@H]43)n2)cc1. The van der Waals surface area contributed by atoms with E-state index >= 15 is 0 Å². The van der Waals surface area contributed by atoms with Crippen molar-refractivity contribution in [1.29, 1.82) is 0 Å². The molecular weight excluding hydrogens is 342 g/mol. The molecule has 4 rings (SSSR count). The van der Waals surface area contributed by atoms with Gasteiger partial charge in [0, 0.05) is 24.9 Å². The molecule has 1 aromatic heterocycles. The van der Waals surface area contributed by atoms with Gasteiger partial charge in [-0.05, 0) is 30.7 Å². The van der Waals surface area contributed by atoms with Gasteiger partial charge in [-0.25, -0.2) is 0 Å². The summed E-state index contributed by atoms with van der Waals surface area (Å²) < 4.78 is 11.2. The Bertz CT molecular complexity index is 784. The molecule has 27 heavy (non-hydrogen) atoms. The van der Waals surface area contributed by atoms with Gasteiger partial charge in [-0.1, -0.05) is 43.3 Å². The van der Waals surface area contributed by atoms with Crippen molar-refractivity contribution in [3.8, 4) is 11.4 Å². The second-order valence-electron chi connectivity index (χ2n) is 7.78. The Kier molecular flexibility index (Phi) is 5.25. The highest BCUT2D eigenvalue weighted by Gasteiger charge is 2.38. The summed E-state index contributed by atoms with van der Waals surface area (Å²) in [6.07, 6.45) is 4.36. The van der Waals surface area contributed by atoms with Crippen molar-refractivity contribution in [3.63, 3.8) is 0 Å². The summed E-state index contributed by atoms with van der Waals surface area (Å²) in [4.78, 5) is 19.1. The molecule has 144 valence electrons.